The Morgan fingerprint density at radius 2 is 1.60 bits per heavy atom. The molecule has 182 valence electrons. The van der Waals surface area contributed by atoms with Gasteiger partial charge in [0, 0.05) is 19.8 Å². The lowest BCUT2D eigenvalue weighted by molar-refractivity contribution is -0.114. The van der Waals surface area contributed by atoms with Crippen molar-refractivity contribution in [2.24, 2.45) is 14.1 Å². The maximum Gasteiger partial charge on any atom is 0.328 e. The van der Waals surface area contributed by atoms with Crippen molar-refractivity contribution in [2.75, 3.05) is 22.4 Å². The maximum absolute atomic E-state index is 12.7. The fourth-order valence-electron chi connectivity index (χ4n) is 3.77. The number of rotatable bonds is 8. The molecule has 0 saturated heterocycles. The topological polar surface area (TPSA) is 103 Å². The van der Waals surface area contributed by atoms with E-state index >= 15 is 0 Å². The number of nitrogens with one attached hydrogen (secondary N) is 1. The quantitative estimate of drug-likeness (QED) is 0.406. The first-order valence-corrected chi connectivity index (χ1v) is 12.7. The lowest BCUT2D eigenvalue weighted by atomic mass is 10.2. The Kier molecular flexibility index (Phi) is 6.65. The third-order valence-electron chi connectivity index (χ3n) is 5.62. The smallest absolute Gasteiger partial charge is 0.328 e. The number of ether oxygens (including phenoxy) is 1. The Hall–Kier alpha value is -4.05. The van der Waals surface area contributed by atoms with Crippen LogP contribution in [0.3, 0.4) is 0 Å². The van der Waals surface area contributed by atoms with E-state index in [0.717, 1.165) is 21.6 Å². The molecule has 0 aliphatic rings. The van der Waals surface area contributed by atoms with Crippen molar-refractivity contribution in [1.82, 2.24) is 9.13 Å². The summed E-state index contributed by atoms with van der Waals surface area (Å²) in [6.45, 7) is -0.0233. The minimum Gasteiger partial charge on any atom is -0.489 e. The Morgan fingerprint density at radius 1 is 0.943 bits per heavy atom. The zero-order valence-electron chi connectivity index (χ0n) is 19.6. The van der Waals surface area contributed by atoms with Crippen LogP contribution < -0.4 is 20.0 Å². The van der Waals surface area contributed by atoms with Gasteiger partial charge in [-0.2, -0.15) is 0 Å². The van der Waals surface area contributed by atoms with E-state index in [1.54, 1.807) is 56.6 Å². The molecule has 0 unspecified atom stereocenters. The van der Waals surface area contributed by atoms with Gasteiger partial charge in [0.2, 0.25) is 15.9 Å². The molecular weight excluding hydrogens is 468 g/mol. The second-order valence-electron chi connectivity index (χ2n) is 8.19. The van der Waals surface area contributed by atoms with Crippen LogP contribution >= 0.6 is 0 Å². The Bertz CT molecular complexity index is 1520. The number of amides is 1. The highest BCUT2D eigenvalue weighted by Gasteiger charge is 2.21. The van der Waals surface area contributed by atoms with Gasteiger partial charge in [0.1, 0.15) is 18.9 Å². The van der Waals surface area contributed by atoms with Crippen LogP contribution in [0, 0.1) is 0 Å². The summed E-state index contributed by atoms with van der Waals surface area (Å²) in [4.78, 5) is 24.9. The molecule has 4 aromatic rings. The first-order valence-electron chi connectivity index (χ1n) is 10.8. The highest BCUT2D eigenvalue weighted by atomic mass is 32.2. The highest BCUT2D eigenvalue weighted by molar-refractivity contribution is 7.92. The van der Waals surface area contributed by atoms with Crippen LogP contribution in [-0.2, 0) is 35.5 Å². The van der Waals surface area contributed by atoms with E-state index < -0.39 is 22.5 Å². The molecule has 0 aliphatic carbocycles. The van der Waals surface area contributed by atoms with Gasteiger partial charge in [-0.25, -0.2) is 13.2 Å². The predicted octanol–water partition coefficient (Wildman–Crippen LogP) is 2.86. The fourth-order valence-corrected chi connectivity index (χ4v) is 4.62. The predicted molar refractivity (Wildman–Crippen MR) is 136 cm³/mol. The lowest BCUT2D eigenvalue weighted by Gasteiger charge is -2.22. The number of hydrogen-bond acceptors (Lipinski definition) is 5. The molecule has 0 bridgehead atoms. The van der Waals surface area contributed by atoms with Crippen molar-refractivity contribution in [1.29, 1.82) is 0 Å². The van der Waals surface area contributed by atoms with Crippen molar-refractivity contribution in [3.63, 3.8) is 0 Å². The minimum atomic E-state index is -3.73. The van der Waals surface area contributed by atoms with Crippen LogP contribution in [0.5, 0.6) is 5.75 Å². The average Bonchev–Trinajstić information content (AvgIpc) is 3.05. The molecule has 9 nitrogen and oxygen atoms in total. The molecule has 0 atom stereocenters. The van der Waals surface area contributed by atoms with Gasteiger partial charge >= 0.3 is 5.69 Å². The van der Waals surface area contributed by atoms with Crippen LogP contribution in [0.1, 0.15) is 5.56 Å². The molecule has 10 heteroatoms. The molecule has 3 aromatic carbocycles. The number of sulfonamides is 1. The highest BCUT2D eigenvalue weighted by Crippen LogP contribution is 2.23. The second kappa shape index (κ2) is 9.67. The van der Waals surface area contributed by atoms with Gasteiger partial charge in [0.05, 0.1) is 23.0 Å². The summed E-state index contributed by atoms with van der Waals surface area (Å²) in [5.41, 5.74) is 3.02. The summed E-state index contributed by atoms with van der Waals surface area (Å²) < 4.78 is 34.7. The van der Waals surface area contributed by atoms with Gasteiger partial charge in [0.15, 0.2) is 0 Å². The molecule has 0 fully saturated rings. The van der Waals surface area contributed by atoms with Gasteiger partial charge in [0.25, 0.3) is 0 Å². The van der Waals surface area contributed by atoms with E-state index in [9.17, 15) is 18.0 Å². The third kappa shape index (κ3) is 5.38. The Balaban J connectivity index is 1.47. The van der Waals surface area contributed by atoms with Crippen LogP contribution in [0.4, 0.5) is 11.4 Å². The number of imidazole rings is 1. The molecule has 0 aliphatic heterocycles. The number of carbonyl (C=O) groups is 1. The van der Waals surface area contributed by atoms with E-state index in [0.29, 0.717) is 29.2 Å². The molecule has 35 heavy (non-hydrogen) atoms. The lowest BCUT2D eigenvalue weighted by Crippen LogP contribution is -2.37. The van der Waals surface area contributed by atoms with Crippen molar-refractivity contribution >= 4 is 38.3 Å². The van der Waals surface area contributed by atoms with Crippen LogP contribution in [0.25, 0.3) is 11.0 Å². The number of anilines is 2. The first-order chi connectivity index (χ1) is 16.6. The number of aryl methyl sites for hydroxylation is 2. The normalized spacial score (nSPS) is 11.4. The number of carbonyl (C=O) groups excluding carboxylic acids is 1. The van der Waals surface area contributed by atoms with Gasteiger partial charge in [-0.15, -0.1) is 0 Å². The van der Waals surface area contributed by atoms with Gasteiger partial charge in [-0.1, -0.05) is 30.3 Å². The molecule has 1 heterocycles. The van der Waals surface area contributed by atoms with Crippen molar-refractivity contribution < 1.29 is 17.9 Å². The van der Waals surface area contributed by atoms with Crippen LogP contribution in [0.15, 0.2) is 77.6 Å². The zero-order valence-corrected chi connectivity index (χ0v) is 20.5. The van der Waals surface area contributed by atoms with E-state index in [1.165, 1.54) is 9.13 Å². The number of hydrogen-bond donors (Lipinski definition) is 1. The number of nitrogens with zero attached hydrogens (tertiary/aromatic N) is 3. The Labute approximate surface area is 203 Å². The number of benzene rings is 3. The molecule has 0 spiro atoms. The average molecular weight is 495 g/mol. The van der Waals surface area contributed by atoms with E-state index in [-0.39, 0.29) is 5.69 Å². The third-order valence-corrected chi connectivity index (χ3v) is 6.76. The standard InChI is InChI=1S/C25H26N4O5S/c1-27-22-14-9-19(15-23(22)28(2)25(27)31)26-24(30)16-29(35(3,32)33)20-10-12-21(13-11-20)34-17-18-7-5-4-6-8-18/h4-15H,16-17H2,1-3H3,(H,26,30). The van der Waals surface area contributed by atoms with Crippen LogP contribution in [0.2, 0.25) is 0 Å². The fraction of sp³-hybridized carbons (Fsp3) is 0.200. The minimum absolute atomic E-state index is 0.178. The second-order valence-corrected chi connectivity index (χ2v) is 10.1. The van der Waals surface area contributed by atoms with Crippen molar-refractivity contribution in [2.45, 2.75) is 6.61 Å². The van der Waals surface area contributed by atoms with Crippen LogP contribution in [-0.4, -0.2) is 36.3 Å². The SMILES string of the molecule is Cn1c(=O)n(C)c2cc(NC(=O)CN(c3ccc(OCc4ccccc4)cc3)S(C)(=O)=O)ccc21. The summed E-state index contributed by atoms with van der Waals surface area (Å²) in [5.74, 6) is 0.0670. The summed E-state index contributed by atoms with van der Waals surface area (Å²) in [5, 5.41) is 2.72. The summed E-state index contributed by atoms with van der Waals surface area (Å²) in [6, 6.07) is 21.3. The van der Waals surface area contributed by atoms with E-state index in [4.69, 9.17) is 4.74 Å². The summed E-state index contributed by atoms with van der Waals surface area (Å²) >= 11 is 0. The van der Waals surface area contributed by atoms with E-state index in [1.807, 2.05) is 30.3 Å². The molecule has 1 N–H and O–H groups in total. The molecule has 0 radical (unpaired) electrons. The first kappa shape index (κ1) is 24.1. The van der Waals surface area contributed by atoms with Gasteiger partial charge < -0.3 is 10.1 Å². The number of aromatic nitrogens is 2. The molecule has 1 amide bonds. The molecule has 4 rings (SSSR count). The maximum atomic E-state index is 12.7. The zero-order chi connectivity index (χ0) is 25.2. The van der Waals surface area contributed by atoms with Gasteiger partial charge in [-0.05, 0) is 48.0 Å². The van der Waals surface area contributed by atoms with Crippen molar-refractivity contribution in [3.05, 3.63) is 88.8 Å². The van der Waals surface area contributed by atoms with E-state index in [2.05, 4.69) is 5.32 Å². The molecule has 1 aromatic heterocycles. The molecular formula is C25H26N4O5S. The summed E-state index contributed by atoms with van der Waals surface area (Å²) in [6.07, 6.45) is 1.05. The largest absolute Gasteiger partial charge is 0.489 e. The monoisotopic (exact) mass is 494 g/mol. The summed E-state index contributed by atoms with van der Waals surface area (Å²) in [7, 11) is -0.415. The van der Waals surface area contributed by atoms with Gasteiger partial charge in [-0.3, -0.25) is 18.2 Å². The Morgan fingerprint density at radius 3 is 2.26 bits per heavy atom. The van der Waals surface area contributed by atoms with Crippen molar-refractivity contribution in [3.8, 4) is 5.75 Å². The molecule has 0 saturated carbocycles. The number of fused-ring (bicyclic) bond motifs is 1.